The van der Waals surface area contributed by atoms with Gasteiger partial charge in [-0.15, -0.1) is 0 Å². The molecule has 0 saturated carbocycles. The molecule has 0 saturated heterocycles. The van der Waals surface area contributed by atoms with Gasteiger partial charge in [0.25, 0.3) is 5.91 Å². The topological polar surface area (TPSA) is 96.4 Å². The highest BCUT2D eigenvalue weighted by atomic mass is 35.5. The molecule has 0 spiro atoms. The van der Waals surface area contributed by atoms with E-state index in [0.717, 1.165) is 5.56 Å². The second kappa shape index (κ2) is 7.38. The van der Waals surface area contributed by atoms with E-state index in [9.17, 15) is 18.3 Å². The number of hydrogen-bond donors (Lipinski definition) is 2. The summed E-state index contributed by atoms with van der Waals surface area (Å²) in [6.07, 6.45) is 1.17. The molecule has 3 rings (SSSR count). The molecule has 1 heterocycles. The van der Waals surface area contributed by atoms with E-state index >= 15 is 0 Å². The van der Waals surface area contributed by atoms with Crippen molar-refractivity contribution >= 4 is 33.0 Å². The minimum Gasteiger partial charge on any atom is -0.506 e. The van der Waals surface area contributed by atoms with Crippen LogP contribution in [-0.2, 0) is 9.84 Å². The van der Waals surface area contributed by atoms with E-state index in [-0.39, 0.29) is 26.9 Å². The van der Waals surface area contributed by atoms with Crippen LogP contribution in [0.2, 0.25) is 5.02 Å². The minimum atomic E-state index is -3.81. The quantitative estimate of drug-likeness (QED) is 0.646. The second-order valence-corrected chi connectivity index (χ2v) is 8.15. The van der Waals surface area contributed by atoms with Gasteiger partial charge in [-0.1, -0.05) is 17.7 Å². The highest BCUT2D eigenvalue weighted by Crippen LogP contribution is 2.25. The number of pyridine rings is 1. The van der Waals surface area contributed by atoms with Crippen LogP contribution in [0.15, 0.2) is 70.7 Å². The van der Waals surface area contributed by atoms with Gasteiger partial charge < -0.3 is 10.4 Å². The fourth-order valence-corrected chi connectivity index (χ4v) is 3.65. The maximum Gasteiger partial charge on any atom is 0.257 e. The largest absolute Gasteiger partial charge is 0.506 e. The Hall–Kier alpha value is -2.90. The average molecular weight is 403 g/mol. The molecule has 0 atom stereocenters. The Morgan fingerprint density at radius 2 is 1.78 bits per heavy atom. The second-order valence-electron chi connectivity index (χ2n) is 5.82. The van der Waals surface area contributed by atoms with Crippen LogP contribution in [0.1, 0.15) is 15.9 Å². The number of aromatic nitrogens is 1. The Bertz CT molecular complexity index is 1100. The van der Waals surface area contributed by atoms with Crippen LogP contribution in [-0.4, -0.2) is 24.4 Å². The first-order valence-corrected chi connectivity index (χ1v) is 9.71. The third kappa shape index (κ3) is 4.10. The molecule has 0 aliphatic carbocycles. The lowest BCUT2D eigenvalue weighted by molar-refractivity contribution is 0.102. The lowest BCUT2D eigenvalue weighted by Gasteiger charge is -2.09. The first kappa shape index (κ1) is 18.9. The summed E-state index contributed by atoms with van der Waals surface area (Å²) in [5.74, 6) is -0.581. The lowest BCUT2D eigenvalue weighted by atomic mass is 10.2. The summed E-state index contributed by atoms with van der Waals surface area (Å²) in [6, 6.07) is 13.2. The van der Waals surface area contributed by atoms with Gasteiger partial charge in [0.05, 0.1) is 16.1 Å². The molecule has 2 N–H and O–H groups in total. The maximum atomic E-state index is 12.6. The third-order valence-corrected chi connectivity index (χ3v) is 5.73. The monoisotopic (exact) mass is 402 g/mol. The van der Waals surface area contributed by atoms with E-state index in [2.05, 4.69) is 10.3 Å². The normalized spacial score (nSPS) is 11.2. The predicted octanol–water partition coefficient (Wildman–Crippen LogP) is 3.83. The van der Waals surface area contributed by atoms with Gasteiger partial charge in [0.15, 0.2) is 5.03 Å². The number of anilines is 1. The average Bonchev–Trinajstić information content (AvgIpc) is 2.65. The molecular weight excluding hydrogens is 388 g/mol. The zero-order valence-corrected chi connectivity index (χ0v) is 15.8. The Balaban J connectivity index is 1.83. The molecule has 8 heteroatoms. The maximum absolute atomic E-state index is 12.6. The zero-order valence-electron chi connectivity index (χ0n) is 14.2. The Morgan fingerprint density at radius 3 is 2.41 bits per heavy atom. The van der Waals surface area contributed by atoms with Gasteiger partial charge in [0.2, 0.25) is 9.84 Å². The van der Waals surface area contributed by atoms with Crippen molar-refractivity contribution in [2.75, 3.05) is 5.32 Å². The van der Waals surface area contributed by atoms with Crippen LogP contribution >= 0.6 is 11.6 Å². The molecule has 6 nitrogen and oxygen atoms in total. The van der Waals surface area contributed by atoms with Crippen molar-refractivity contribution in [3.8, 4) is 5.75 Å². The zero-order chi connectivity index (χ0) is 19.6. The van der Waals surface area contributed by atoms with E-state index in [4.69, 9.17) is 11.6 Å². The molecule has 0 bridgehead atoms. The van der Waals surface area contributed by atoms with E-state index < -0.39 is 15.7 Å². The lowest BCUT2D eigenvalue weighted by Crippen LogP contribution is -2.13. The van der Waals surface area contributed by atoms with Crippen molar-refractivity contribution in [1.29, 1.82) is 0 Å². The fraction of sp³-hybridized carbons (Fsp3) is 0.0526. The summed E-state index contributed by atoms with van der Waals surface area (Å²) < 4.78 is 25.1. The molecule has 0 radical (unpaired) electrons. The Labute approximate surface area is 161 Å². The van der Waals surface area contributed by atoms with Crippen molar-refractivity contribution in [3.05, 3.63) is 76.9 Å². The van der Waals surface area contributed by atoms with Crippen molar-refractivity contribution in [2.24, 2.45) is 0 Å². The number of amides is 1. The van der Waals surface area contributed by atoms with Crippen molar-refractivity contribution < 1.29 is 18.3 Å². The molecule has 1 amide bonds. The molecule has 0 aliphatic rings. The van der Waals surface area contributed by atoms with Crippen LogP contribution in [0.4, 0.5) is 5.69 Å². The van der Waals surface area contributed by atoms with Crippen LogP contribution in [0, 0.1) is 6.92 Å². The Morgan fingerprint density at radius 1 is 1.07 bits per heavy atom. The molecule has 3 aromatic rings. The van der Waals surface area contributed by atoms with Gasteiger partial charge in [-0.3, -0.25) is 4.79 Å². The van der Waals surface area contributed by atoms with Gasteiger partial charge in [0.1, 0.15) is 5.75 Å². The minimum absolute atomic E-state index is 0.0567. The summed E-state index contributed by atoms with van der Waals surface area (Å²) >= 11 is 5.78. The fourth-order valence-electron chi connectivity index (χ4n) is 2.35. The number of aromatic hydroxyl groups is 1. The molecule has 0 fully saturated rings. The molecule has 2 aromatic carbocycles. The number of hydrogen-bond acceptors (Lipinski definition) is 5. The smallest absolute Gasteiger partial charge is 0.257 e. The summed E-state index contributed by atoms with van der Waals surface area (Å²) in [4.78, 5) is 16.3. The molecule has 0 aliphatic heterocycles. The number of sulfone groups is 1. The van der Waals surface area contributed by atoms with E-state index in [1.54, 1.807) is 12.1 Å². The molecule has 0 unspecified atom stereocenters. The number of halogens is 1. The number of phenols is 1. The van der Waals surface area contributed by atoms with Gasteiger partial charge in [-0.2, -0.15) is 0 Å². The summed E-state index contributed by atoms with van der Waals surface area (Å²) in [7, 11) is -3.81. The number of carbonyl (C=O) groups excluding carboxylic acids is 1. The number of benzene rings is 2. The van der Waals surface area contributed by atoms with Crippen LogP contribution in [0.3, 0.4) is 0 Å². The van der Waals surface area contributed by atoms with E-state index in [0.29, 0.717) is 5.02 Å². The third-order valence-electron chi connectivity index (χ3n) is 3.80. The first-order chi connectivity index (χ1) is 12.8. The molecule has 138 valence electrons. The van der Waals surface area contributed by atoms with Crippen molar-refractivity contribution in [1.82, 2.24) is 4.98 Å². The van der Waals surface area contributed by atoms with Crippen LogP contribution < -0.4 is 5.32 Å². The number of nitrogens with one attached hydrogen (secondary N) is 1. The number of carbonyl (C=O) groups is 1. The van der Waals surface area contributed by atoms with Crippen molar-refractivity contribution in [2.45, 2.75) is 16.8 Å². The van der Waals surface area contributed by atoms with Crippen LogP contribution in [0.5, 0.6) is 5.75 Å². The number of aryl methyl sites for hydroxylation is 1. The molecular formula is C19H15ClN2O4S. The first-order valence-electron chi connectivity index (χ1n) is 7.85. The number of phenolic OH excluding ortho intramolecular Hbond substituents is 1. The highest BCUT2D eigenvalue weighted by molar-refractivity contribution is 7.91. The summed E-state index contributed by atoms with van der Waals surface area (Å²) in [6.45, 7) is 1.83. The predicted molar refractivity (Wildman–Crippen MR) is 102 cm³/mol. The summed E-state index contributed by atoms with van der Waals surface area (Å²) in [5.41, 5.74) is 1.29. The van der Waals surface area contributed by atoms with E-state index in [1.165, 1.54) is 48.7 Å². The highest BCUT2D eigenvalue weighted by Gasteiger charge is 2.20. The molecule has 27 heavy (non-hydrogen) atoms. The molecule has 1 aromatic heterocycles. The van der Waals surface area contributed by atoms with Crippen molar-refractivity contribution in [3.63, 3.8) is 0 Å². The standard InChI is InChI=1S/C19H15ClN2O4S/c1-12-2-8-17(23)16(10-12)22-19(24)13-3-9-18(21-11-13)27(25,26)15-6-4-14(20)5-7-15/h2-11,23H,1H3,(H,22,24). The van der Waals surface area contributed by atoms with Gasteiger partial charge in [-0.25, -0.2) is 13.4 Å². The number of nitrogens with zero attached hydrogens (tertiary/aromatic N) is 1. The summed E-state index contributed by atoms with van der Waals surface area (Å²) in [5, 5.41) is 12.6. The van der Waals surface area contributed by atoms with Gasteiger partial charge >= 0.3 is 0 Å². The van der Waals surface area contributed by atoms with Crippen LogP contribution in [0.25, 0.3) is 0 Å². The van der Waals surface area contributed by atoms with Gasteiger partial charge in [-0.05, 0) is 61.0 Å². The SMILES string of the molecule is Cc1ccc(O)c(NC(=O)c2ccc(S(=O)(=O)c3ccc(Cl)cc3)nc2)c1. The number of rotatable bonds is 4. The Kier molecular flexibility index (Phi) is 5.16. The van der Waals surface area contributed by atoms with E-state index in [1.807, 2.05) is 6.92 Å². The van der Waals surface area contributed by atoms with Gasteiger partial charge in [0, 0.05) is 11.2 Å².